The number of hydrogen-bond acceptors (Lipinski definition) is 0. The molecule has 0 atom stereocenters. The van der Waals surface area contributed by atoms with Crippen LogP contribution in [0.5, 0.6) is 0 Å². The van der Waals surface area contributed by atoms with Gasteiger partial charge >= 0.3 is 0 Å². The highest BCUT2D eigenvalue weighted by Gasteiger charge is 2.41. The van der Waals surface area contributed by atoms with Crippen molar-refractivity contribution >= 4 is 110 Å². The zero-order valence-corrected chi connectivity index (χ0v) is 22.1. The van der Waals surface area contributed by atoms with E-state index in [0.717, 1.165) is 17.9 Å². The molecule has 0 saturated carbocycles. The lowest BCUT2D eigenvalue weighted by Crippen LogP contribution is -2.75. The van der Waals surface area contributed by atoms with Crippen molar-refractivity contribution in [2.45, 2.75) is 0 Å². The third kappa shape index (κ3) is 3.40. The zero-order valence-electron chi connectivity index (χ0n) is 15.7. The monoisotopic (exact) mass is 640 g/mol. The van der Waals surface area contributed by atoms with E-state index in [0.29, 0.717) is 0 Å². The first kappa shape index (κ1) is 20.8. The third-order valence-electron chi connectivity index (χ3n) is 5.81. The first-order chi connectivity index (χ1) is 14.6. The Labute approximate surface area is 211 Å². The van der Waals surface area contributed by atoms with Gasteiger partial charge in [0.05, 0.1) is 0 Å². The first-order valence-electron chi connectivity index (χ1n) is 9.63. The van der Waals surface area contributed by atoms with Gasteiger partial charge in [-0.2, -0.15) is 0 Å². The summed E-state index contributed by atoms with van der Waals surface area (Å²) in [6.45, 7) is 0.273. The van der Waals surface area contributed by atoms with E-state index in [1.165, 1.54) is 32.8 Å². The second kappa shape index (κ2) is 8.46. The third-order valence-corrected chi connectivity index (χ3v) is 8.63. The fourth-order valence-corrected chi connectivity index (χ4v) is 6.84. The maximum Gasteiger partial charge on any atom is 0.242 e. The molecule has 0 aliphatic carbocycles. The van der Waals surface area contributed by atoms with Crippen LogP contribution in [0.3, 0.4) is 0 Å². The van der Waals surface area contributed by atoms with Crippen molar-refractivity contribution in [3.63, 3.8) is 0 Å². The molecule has 0 radical (unpaired) electrons. The van der Waals surface area contributed by atoms with Gasteiger partial charge in [0.2, 0.25) is 13.4 Å². The Morgan fingerprint density at radius 1 is 0.367 bits per heavy atom. The van der Waals surface area contributed by atoms with Gasteiger partial charge in [-0.1, -0.05) is 157 Å². The average molecular weight is 644 g/mol. The van der Waals surface area contributed by atoms with Crippen LogP contribution in [0.1, 0.15) is 0 Å². The van der Waals surface area contributed by atoms with Gasteiger partial charge in [0, 0.05) is 17.9 Å². The molecule has 0 N–H and O–H groups in total. The Bertz CT molecular complexity index is 1170. The van der Waals surface area contributed by atoms with Gasteiger partial charge in [0.15, 0.2) is 0 Å². The molecule has 0 amide bonds. The highest BCUT2D eigenvalue weighted by Crippen LogP contribution is 2.18. The van der Waals surface area contributed by atoms with Crippen LogP contribution in [0.2, 0.25) is 0 Å². The Morgan fingerprint density at radius 2 is 0.700 bits per heavy atom. The Hall–Kier alpha value is -1.07. The molecule has 0 fully saturated rings. The summed E-state index contributed by atoms with van der Waals surface area (Å²) in [6.07, 6.45) is 0. The van der Waals surface area contributed by atoms with Crippen LogP contribution in [0.4, 0.5) is 0 Å². The minimum atomic E-state index is 0.136. The SMILES string of the molecule is Brc1ccccc1B1c2cccc(Br)c2B(c2ccccc2Br)c2cccc(Br)c21. The predicted octanol–water partition coefficient (Wildman–Crippen LogP) is 4.08. The van der Waals surface area contributed by atoms with Crippen molar-refractivity contribution in [2.75, 3.05) is 0 Å². The summed E-state index contributed by atoms with van der Waals surface area (Å²) in [7, 11) is 0. The molecule has 0 spiro atoms. The van der Waals surface area contributed by atoms with Crippen LogP contribution in [-0.2, 0) is 0 Å². The van der Waals surface area contributed by atoms with Crippen molar-refractivity contribution in [2.24, 2.45) is 0 Å². The van der Waals surface area contributed by atoms with Gasteiger partial charge in [-0.25, -0.2) is 0 Å². The van der Waals surface area contributed by atoms with E-state index in [4.69, 9.17) is 0 Å². The summed E-state index contributed by atoms with van der Waals surface area (Å²) in [4.78, 5) is 0. The summed E-state index contributed by atoms with van der Waals surface area (Å²) in [5, 5.41) is 0. The molecule has 4 aromatic carbocycles. The fraction of sp³-hybridized carbons (Fsp3) is 0. The van der Waals surface area contributed by atoms with Crippen molar-refractivity contribution in [3.8, 4) is 0 Å². The minimum Gasteiger partial charge on any atom is -0.0721 e. The molecule has 0 bridgehead atoms. The molecular weight excluding hydrogens is 630 g/mol. The van der Waals surface area contributed by atoms with Gasteiger partial charge < -0.3 is 0 Å². The standard InChI is InChI=1S/C24H14B2Br4/c27-19-11-3-1-7-15(19)25-17-9-5-14-22(30)24(17)26(16-8-2-4-12-20(16)28)18-10-6-13-21(29)23(18)25/h1-14H. The van der Waals surface area contributed by atoms with Gasteiger partial charge in [-0.3, -0.25) is 0 Å². The number of hydrogen-bond donors (Lipinski definition) is 0. The average Bonchev–Trinajstić information content (AvgIpc) is 2.74. The molecule has 6 heteroatoms. The van der Waals surface area contributed by atoms with E-state index in [2.05, 4.69) is 149 Å². The molecular formula is C24H14B2Br4. The van der Waals surface area contributed by atoms with Gasteiger partial charge in [0.25, 0.3) is 0 Å². The summed E-state index contributed by atoms with van der Waals surface area (Å²) < 4.78 is 4.54. The van der Waals surface area contributed by atoms with Gasteiger partial charge in [-0.15, -0.1) is 0 Å². The van der Waals surface area contributed by atoms with E-state index < -0.39 is 0 Å². The topological polar surface area (TPSA) is 0 Å². The highest BCUT2D eigenvalue weighted by molar-refractivity contribution is 9.11. The van der Waals surface area contributed by atoms with E-state index in [1.807, 2.05) is 0 Å². The summed E-state index contributed by atoms with van der Waals surface area (Å²) in [5.74, 6) is 0. The largest absolute Gasteiger partial charge is 0.242 e. The molecule has 1 heterocycles. The second-order valence-corrected chi connectivity index (χ2v) is 10.8. The maximum absolute atomic E-state index is 3.89. The van der Waals surface area contributed by atoms with Crippen LogP contribution < -0.4 is 32.8 Å². The van der Waals surface area contributed by atoms with Crippen LogP contribution in [0, 0.1) is 0 Å². The lowest BCUT2D eigenvalue weighted by Gasteiger charge is -2.34. The van der Waals surface area contributed by atoms with E-state index in [1.54, 1.807) is 0 Å². The lowest BCUT2D eigenvalue weighted by molar-refractivity contribution is 1.65. The highest BCUT2D eigenvalue weighted by atomic mass is 79.9. The molecule has 0 saturated heterocycles. The van der Waals surface area contributed by atoms with Crippen molar-refractivity contribution in [1.82, 2.24) is 0 Å². The molecule has 30 heavy (non-hydrogen) atoms. The summed E-state index contributed by atoms with van der Waals surface area (Å²) in [5.41, 5.74) is 7.87. The Morgan fingerprint density at radius 3 is 1.10 bits per heavy atom. The fourth-order valence-electron chi connectivity index (χ4n) is 4.60. The molecule has 1 aliphatic rings. The molecule has 0 aromatic heterocycles. The number of halogens is 4. The van der Waals surface area contributed by atoms with Crippen LogP contribution in [-0.4, -0.2) is 13.4 Å². The van der Waals surface area contributed by atoms with Crippen molar-refractivity contribution in [1.29, 1.82) is 0 Å². The summed E-state index contributed by atoms with van der Waals surface area (Å²) in [6, 6.07) is 30.2. The van der Waals surface area contributed by atoms with Crippen molar-refractivity contribution in [3.05, 3.63) is 103 Å². The Balaban J connectivity index is 1.90. The number of rotatable bonds is 2. The molecule has 5 rings (SSSR count). The second-order valence-electron chi connectivity index (χ2n) is 7.39. The molecule has 0 nitrogen and oxygen atoms in total. The van der Waals surface area contributed by atoms with Crippen LogP contribution in [0.15, 0.2) is 103 Å². The molecule has 144 valence electrons. The molecule has 1 aliphatic heterocycles. The van der Waals surface area contributed by atoms with Gasteiger partial charge in [0.1, 0.15) is 0 Å². The predicted molar refractivity (Wildman–Crippen MR) is 146 cm³/mol. The van der Waals surface area contributed by atoms with Crippen LogP contribution >= 0.6 is 63.7 Å². The first-order valence-corrected chi connectivity index (χ1v) is 12.8. The maximum atomic E-state index is 3.89. The van der Waals surface area contributed by atoms with Gasteiger partial charge in [-0.05, 0) is 24.3 Å². The number of benzene rings is 4. The smallest absolute Gasteiger partial charge is 0.0721 e. The van der Waals surface area contributed by atoms with E-state index in [9.17, 15) is 0 Å². The number of fused-ring (bicyclic) bond motifs is 2. The van der Waals surface area contributed by atoms with Crippen molar-refractivity contribution < 1.29 is 0 Å². The normalized spacial score (nSPS) is 12.5. The quantitative estimate of drug-likeness (QED) is 0.255. The lowest BCUT2D eigenvalue weighted by atomic mass is 9.21. The molecule has 0 unspecified atom stereocenters. The minimum absolute atomic E-state index is 0.136. The van der Waals surface area contributed by atoms with E-state index >= 15 is 0 Å². The Kier molecular flexibility index (Phi) is 5.87. The molecule has 4 aromatic rings. The summed E-state index contributed by atoms with van der Waals surface area (Å²) >= 11 is 15.4. The van der Waals surface area contributed by atoms with E-state index in [-0.39, 0.29) is 13.4 Å². The van der Waals surface area contributed by atoms with Crippen LogP contribution in [0.25, 0.3) is 0 Å². The zero-order chi connectivity index (χ0) is 20.8.